The molecule has 7 heteroatoms. The fourth-order valence-corrected chi connectivity index (χ4v) is 3.25. The highest BCUT2D eigenvalue weighted by Crippen LogP contribution is 2.23. The molecule has 2 heterocycles. The van der Waals surface area contributed by atoms with Gasteiger partial charge >= 0.3 is 0 Å². The second-order valence-corrected chi connectivity index (χ2v) is 6.68. The summed E-state index contributed by atoms with van der Waals surface area (Å²) in [5.41, 5.74) is 1.21. The second kappa shape index (κ2) is 8.56. The van der Waals surface area contributed by atoms with E-state index in [1.165, 1.54) is 6.07 Å². The Kier molecular flexibility index (Phi) is 6.18. The zero-order valence-electron chi connectivity index (χ0n) is 13.6. The minimum absolute atomic E-state index is 0.0826. The molecule has 3 rings (SSSR count). The summed E-state index contributed by atoms with van der Waals surface area (Å²) in [6.07, 6.45) is 5.46. The van der Waals surface area contributed by atoms with Gasteiger partial charge < -0.3 is 15.0 Å². The number of anilines is 1. The number of halogens is 2. The Balaban J connectivity index is 1.77. The van der Waals surface area contributed by atoms with Crippen molar-refractivity contribution in [2.24, 2.45) is 0 Å². The summed E-state index contributed by atoms with van der Waals surface area (Å²) >= 11 is 11.7. The van der Waals surface area contributed by atoms with Crippen LogP contribution < -0.4 is 5.32 Å². The van der Waals surface area contributed by atoms with Crippen LogP contribution in [0.2, 0.25) is 5.02 Å². The first-order chi connectivity index (χ1) is 12.1. The molecule has 132 valence electrons. The maximum atomic E-state index is 14.2. The van der Waals surface area contributed by atoms with Gasteiger partial charge in [0.15, 0.2) is 5.11 Å². The molecule has 1 aromatic heterocycles. The van der Waals surface area contributed by atoms with E-state index in [0.717, 1.165) is 25.1 Å². The SMILES string of the molecule is Fc1cccc(Cl)c1CN(C[C@H]1CCCO1)C(=S)Nc1cccnc1. The highest BCUT2D eigenvalue weighted by atomic mass is 35.5. The van der Waals surface area contributed by atoms with Gasteiger partial charge in [-0.15, -0.1) is 0 Å². The first-order valence-electron chi connectivity index (χ1n) is 8.14. The number of ether oxygens (including phenoxy) is 1. The molecule has 1 N–H and O–H groups in total. The molecule has 0 spiro atoms. The van der Waals surface area contributed by atoms with Gasteiger partial charge in [-0.1, -0.05) is 17.7 Å². The lowest BCUT2D eigenvalue weighted by Crippen LogP contribution is -2.39. The highest BCUT2D eigenvalue weighted by Gasteiger charge is 2.23. The summed E-state index contributed by atoms with van der Waals surface area (Å²) in [5, 5.41) is 4.03. The highest BCUT2D eigenvalue weighted by molar-refractivity contribution is 7.80. The van der Waals surface area contributed by atoms with Crippen molar-refractivity contribution in [2.75, 3.05) is 18.5 Å². The third kappa shape index (κ3) is 4.87. The van der Waals surface area contributed by atoms with Crippen LogP contribution in [0.4, 0.5) is 10.1 Å². The Morgan fingerprint density at radius 1 is 1.40 bits per heavy atom. The lowest BCUT2D eigenvalue weighted by molar-refractivity contribution is 0.0903. The third-order valence-electron chi connectivity index (χ3n) is 4.06. The van der Waals surface area contributed by atoms with E-state index < -0.39 is 0 Å². The van der Waals surface area contributed by atoms with Gasteiger partial charge in [0.2, 0.25) is 0 Å². The minimum atomic E-state index is -0.339. The van der Waals surface area contributed by atoms with Gasteiger partial charge in [-0.3, -0.25) is 4.98 Å². The van der Waals surface area contributed by atoms with E-state index in [0.29, 0.717) is 22.2 Å². The molecule has 1 aliphatic rings. The van der Waals surface area contributed by atoms with Gasteiger partial charge in [-0.05, 0) is 49.3 Å². The van der Waals surface area contributed by atoms with Crippen molar-refractivity contribution in [3.05, 3.63) is 59.1 Å². The Morgan fingerprint density at radius 3 is 2.96 bits per heavy atom. The molecule has 0 bridgehead atoms. The largest absolute Gasteiger partial charge is 0.376 e. The van der Waals surface area contributed by atoms with Gasteiger partial charge in [0.1, 0.15) is 5.82 Å². The molecule has 1 fully saturated rings. The number of hydrogen-bond acceptors (Lipinski definition) is 3. The molecule has 0 unspecified atom stereocenters. The average Bonchev–Trinajstić information content (AvgIpc) is 3.11. The first-order valence-corrected chi connectivity index (χ1v) is 8.92. The second-order valence-electron chi connectivity index (χ2n) is 5.89. The van der Waals surface area contributed by atoms with Gasteiger partial charge in [-0.25, -0.2) is 4.39 Å². The maximum absolute atomic E-state index is 14.2. The van der Waals surface area contributed by atoms with Crippen molar-refractivity contribution in [2.45, 2.75) is 25.5 Å². The molecule has 0 radical (unpaired) electrons. The standard InChI is InChI=1S/C18H19ClFN3OS/c19-16-6-1-7-17(20)15(16)12-23(11-14-5-3-9-24-14)18(25)22-13-4-2-8-21-10-13/h1-2,4,6-8,10,14H,3,5,9,11-12H2,(H,22,25)/t14-/m1/s1. The van der Waals surface area contributed by atoms with Gasteiger partial charge in [0.05, 0.1) is 18.0 Å². The number of aromatic nitrogens is 1. The Morgan fingerprint density at radius 2 is 2.28 bits per heavy atom. The van der Waals surface area contributed by atoms with Crippen molar-refractivity contribution in [3.8, 4) is 0 Å². The van der Waals surface area contributed by atoms with E-state index in [9.17, 15) is 4.39 Å². The number of rotatable bonds is 5. The zero-order chi connectivity index (χ0) is 17.6. The summed E-state index contributed by atoms with van der Waals surface area (Å²) in [7, 11) is 0. The summed E-state index contributed by atoms with van der Waals surface area (Å²) in [6, 6.07) is 8.38. The Hall–Kier alpha value is -1.76. The molecular weight excluding hydrogens is 361 g/mol. The molecule has 4 nitrogen and oxygen atoms in total. The van der Waals surface area contributed by atoms with Gasteiger partial charge in [0, 0.05) is 36.5 Å². The number of nitrogens with one attached hydrogen (secondary N) is 1. The van der Waals surface area contributed by atoms with Crippen molar-refractivity contribution >= 4 is 34.6 Å². The smallest absolute Gasteiger partial charge is 0.173 e. The van der Waals surface area contributed by atoms with E-state index in [1.54, 1.807) is 24.5 Å². The quantitative estimate of drug-likeness (QED) is 0.786. The Bertz CT molecular complexity index is 705. The fourth-order valence-electron chi connectivity index (χ4n) is 2.77. The number of hydrogen-bond donors (Lipinski definition) is 1. The lowest BCUT2D eigenvalue weighted by Gasteiger charge is -2.28. The van der Waals surface area contributed by atoms with Crippen molar-refractivity contribution < 1.29 is 9.13 Å². The van der Waals surface area contributed by atoms with E-state index in [-0.39, 0.29) is 18.5 Å². The van der Waals surface area contributed by atoms with Crippen LogP contribution in [0, 0.1) is 5.82 Å². The molecule has 1 aliphatic heterocycles. The average molecular weight is 380 g/mol. The number of benzene rings is 1. The van der Waals surface area contributed by atoms with E-state index in [4.69, 9.17) is 28.6 Å². The van der Waals surface area contributed by atoms with Crippen LogP contribution in [0.5, 0.6) is 0 Å². The summed E-state index contributed by atoms with van der Waals surface area (Å²) in [4.78, 5) is 5.96. The van der Waals surface area contributed by atoms with E-state index in [1.807, 2.05) is 17.0 Å². The van der Waals surface area contributed by atoms with E-state index >= 15 is 0 Å². The van der Waals surface area contributed by atoms with E-state index in [2.05, 4.69) is 10.3 Å². The molecule has 1 saturated heterocycles. The predicted molar refractivity (Wildman–Crippen MR) is 101 cm³/mol. The zero-order valence-corrected chi connectivity index (χ0v) is 15.2. The summed E-state index contributed by atoms with van der Waals surface area (Å²) in [6.45, 7) is 1.61. The van der Waals surface area contributed by atoms with Crippen molar-refractivity contribution in [1.82, 2.24) is 9.88 Å². The van der Waals surface area contributed by atoms with Crippen LogP contribution in [-0.2, 0) is 11.3 Å². The fraction of sp³-hybridized carbons (Fsp3) is 0.333. The lowest BCUT2D eigenvalue weighted by atomic mass is 10.1. The van der Waals surface area contributed by atoms with Crippen LogP contribution in [0.25, 0.3) is 0 Å². The minimum Gasteiger partial charge on any atom is -0.376 e. The third-order valence-corrected chi connectivity index (χ3v) is 4.77. The van der Waals surface area contributed by atoms with Gasteiger partial charge in [0.25, 0.3) is 0 Å². The van der Waals surface area contributed by atoms with Crippen molar-refractivity contribution in [3.63, 3.8) is 0 Å². The normalized spacial score (nSPS) is 16.6. The van der Waals surface area contributed by atoms with Crippen LogP contribution in [0.15, 0.2) is 42.7 Å². The Labute approximate surface area is 157 Å². The van der Waals surface area contributed by atoms with Crippen LogP contribution in [0.1, 0.15) is 18.4 Å². The van der Waals surface area contributed by atoms with Gasteiger partial charge in [-0.2, -0.15) is 0 Å². The summed E-state index contributed by atoms with van der Waals surface area (Å²) < 4.78 is 19.9. The number of pyridine rings is 1. The number of thiocarbonyl (C=S) groups is 1. The molecule has 25 heavy (non-hydrogen) atoms. The van der Waals surface area contributed by atoms with Crippen LogP contribution in [0.3, 0.4) is 0 Å². The molecule has 1 atom stereocenters. The molecular formula is C18H19ClFN3OS. The molecule has 0 saturated carbocycles. The van der Waals surface area contributed by atoms with Crippen LogP contribution >= 0.6 is 23.8 Å². The topological polar surface area (TPSA) is 37.4 Å². The molecule has 0 aliphatic carbocycles. The summed E-state index contributed by atoms with van der Waals surface area (Å²) in [5.74, 6) is -0.339. The van der Waals surface area contributed by atoms with Crippen LogP contribution in [-0.4, -0.2) is 34.3 Å². The first kappa shape index (κ1) is 18.0. The maximum Gasteiger partial charge on any atom is 0.173 e. The molecule has 1 aromatic carbocycles. The van der Waals surface area contributed by atoms with Crippen molar-refractivity contribution in [1.29, 1.82) is 0 Å². The molecule has 2 aromatic rings. The monoisotopic (exact) mass is 379 g/mol. The predicted octanol–water partition coefficient (Wildman–Crippen LogP) is 4.25. The molecule has 0 amide bonds. The number of nitrogens with zero attached hydrogens (tertiary/aromatic N) is 2.